The summed E-state index contributed by atoms with van der Waals surface area (Å²) < 4.78 is 5.46. The van der Waals surface area contributed by atoms with Gasteiger partial charge in [0.15, 0.2) is 0 Å². The lowest BCUT2D eigenvalue weighted by Crippen LogP contribution is -2.60. The summed E-state index contributed by atoms with van der Waals surface area (Å²) in [6.07, 6.45) is 0.985. The minimum atomic E-state index is 0.109. The second-order valence-corrected chi connectivity index (χ2v) is 6.62. The lowest BCUT2D eigenvalue weighted by molar-refractivity contribution is -0.0223. The minimum Gasteiger partial charge on any atom is -0.379 e. The molecule has 0 spiro atoms. The van der Waals surface area contributed by atoms with E-state index < -0.39 is 0 Å². The summed E-state index contributed by atoms with van der Waals surface area (Å²) in [6.45, 7) is 10.4. The highest BCUT2D eigenvalue weighted by molar-refractivity contribution is 7.09. The van der Waals surface area contributed by atoms with Gasteiger partial charge in [0.1, 0.15) is 0 Å². The lowest BCUT2D eigenvalue weighted by atomic mass is 9.89. The van der Waals surface area contributed by atoms with Crippen molar-refractivity contribution in [2.24, 2.45) is 0 Å². The molecule has 2 rings (SSSR count). The van der Waals surface area contributed by atoms with Gasteiger partial charge in [0, 0.05) is 42.2 Å². The van der Waals surface area contributed by atoms with Crippen molar-refractivity contribution in [3.05, 3.63) is 16.1 Å². The molecule has 1 N–H and O–H groups in total. The molecular weight excluding hydrogens is 258 g/mol. The van der Waals surface area contributed by atoms with E-state index in [4.69, 9.17) is 4.74 Å². The molecule has 5 heteroatoms. The van der Waals surface area contributed by atoms with Crippen LogP contribution in [0.4, 0.5) is 0 Å². The van der Waals surface area contributed by atoms with Crippen LogP contribution in [0.15, 0.2) is 5.38 Å². The maximum Gasteiger partial charge on any atom is 0.0944 e. The predicted octanol–water partition coefficient (Wildman–Crippen LogP) is 1.69. The second kappa shape index (κ2) is 6.31. The van der Waals surface area contributed by atoms with Gasteiger partial charge in [-0.05, 0) is 27.8 Å². The zero-order chi connectivity index (χ0) is 13.9. The van der Waals surface area contributed by atoms with Crippen molar-refractivity contribution in [3.8, 4) is 0 Å². The van der Waals surface area contributed by atoms with Crippen molar-refractivity contribution >= 4 is 11.3 Å². The molecular formula is C14H25N3OS. The largest absolute Gasteiger partial charge is 0.379 e. The lowest BCUT2D eigenvalue weighted by Gasteiger charge is -2.45. The van der Waals surface area contributed by atoms with Crippen molar-refractivity contribution in [1.82, 2.24) is 15.2 Å². The summed E-state index contributed by atoms with van der Waals surface area (Å²) in [5, 5.41) is 6.83. The summed E-state index contributed by atoms with van der Waals surface area (Å²) in [4.78, 5) is 7.12. The maximum atomic E-state index is 5.46. The van der Waals surface area contributed by atoms with Crippen molar-refractivity contribution in [3.63, 3.8) is 0 Å². The Morgan fingerprint density at radius 2 is 2.16 bits per heavy atom. The van der Waals surface area contributed by atoms with Crippen LogP contribution < -0.4 is 5.32 Å². The second-order valence-electron chi connectivity index (χ2n) is 5.68. The smallest absolute Gasteiger partial charge is 0.0944 e. The van der Waals surface area contributed by atoms with Crippen LogP contribution in [-0.4, -0.2) is 54.8 Å². The number of nitrogens with zero attached hydrogens (tertiary/aromatic N) is 2. The van der Waals surface area contributed by atoms with Crippen LogP contribution >= 0.6 is 11.3 Å². The Hall–Kier alpha value is -0.490. The van der Waals surface area contributed by atoms with Crippen LogP contribution in [0.25, 0.3) is 0 Å². The molecule has 0 radical (unpaired) electrons. The zero-order valence-electron chi connectivity index (χ0n) is 12.4. The molecule has 1 aromatic rings. The first-order valence-electron chi connectivity index (χ1n) is 6.95. The van der Waals surface area contributed by atoms with E-state index in [0.29, 0.717) is 6.04 Å². The SMILES string of the molecule is CNC(Cc1nc(C)cs1)C(C)(C)N1CCOCC1. The number of nitrogens with one attached hydrogen (secondary N) is 1. The number of aryl methyl sites for hydroxylation is 1. The van der Waals surface area contributed by atoms with Gasteiger partial charge in [-0.3, -0.25) is 4.90 Å². The van der Waals surface area contributed by atoms with Gasteiger partial charge in [0.05, 0.1) is 18.2 Å². The van der Waals surface area contributed by atoms with Gasteiger partial charge in [0.25, 0.3) is 0 Å². The molecule has 1 saturated heterocycles. The Balaban J connectivity index is 2.06. The van der Waals surface area contributed by atoms with Crippen molar-refractivity contribution in [2.45, 2.75) is 38.8 Å². The van der Waals surface area contributed by atoms with E-state index in [-0.39, 0.29) is 5.54 Å². The van der Waals surface area contributed by atoms with E-state index in [9.17, 15) is 0 Å². The van der Waals surface area contributed by atoms with Gasteiger partial charge in [-0.25, -0.2) is 4.98 Å². The van der Waals surface area contributed by atoms with E-state index >= 15 is 0 Å². The van der Waals surface area contributed by atoms with Crippen molar-refractivity contribution in [2.75, 3.05) is 33.4 Å². The molecule has 1 aliphatic heterocycles. The molecule has 1 fully saturated rings. The fourth-order valence-electron chi connectivity index (χ4n) is 2.74. The van der Waals surface area contributed by atoms with Gasteiger partial charge in [0.2, 0.25) is 0 Å². The van der Waals surface area contributed by atoms with Crippen molar-refractivity contribution in [1.29, 1.82) is 0 Å². The molecule has 1 atom stereocenters. The van der Waals surface area contributed by atoms with Crippen LogP contribution in [0, 0.1) is 6.92 Å². The first-order chi connectivity index (χ1) is 9.04. The summed E-state index contributed by atoms with van der Waals surface area (Å²) in [5.41, 5.74) is 1.23. The highest BCUT2D eigenvalue weighted by Crippen LogP contribution is 2.24. The number of aromatic nitrogens is 1. The third-order valence-corrected chi connectivity index (χ3v) is 5.06. The first-order valence-corrected chi connectivity index (χ1v) is 7.83. The number of ether oxygens (including phenoxy) is 1. The quantitative estimate of drug-likeness (QED) is 0.892. The van der Waals surface area contributed by atoms with Gasteiger partial charge < -0.3 is 10.1 Å². The Morgan fingerprint density at radius 3 is 2.68 bits per heavy atom. The predicted molar refractivity (Wildman–Crippen MR) is 79.9 cm³/mol. The molecule has 108 valence electrons. The Labute approximate surface area is 120 Å². The molecule has 1 aromatic heterocycles. The average molecular weight is 283 g/mol. The van der Waals surface area contributed by atoms with Crippen molar-refractivity contribution < 1.29 is 4.74 Å². The number of hydrogen-bond donors (Lipinski definition) is 1. The molecule has 1 unspecified atom stereocenters. The van der Waals surface area contributed by atoms with Crippen LogP contribution in [0.3, 0.4) is 0 Å². The fourth-order valence-corrected chi connectivity index (χ4v) is 3.56. The average Bonchev–Trinajstić information content (AvgIpc) is 2.82. The number of morpholine rings is 1. The molecule has 19 heavy (non-hydrogen) atoms. The van der Waals surface area contributed by atoms with Gasteiger partial charge in [-0.15, -0.1) is 11.3 Å². The standard InChI is InChI=1S/C14H25N3OS/c1-11-10-19-13(16-11)9-12(15-4)14(2,3)17-5-7-18-8-6-17/h10,12,15H,5-9H2,1-4H3. The van der Waals surface area contributed by atoms with E-state index in [1.807, 2.05) is 7.05 Å². The highest BCUT2D eigenvalue weighted by atomic mass is 32.1. The number of thiazole rings is 1. The highest BCUT2D eigenvalue weighted by Gasteiger charge is 2.35. The summed E-state index contributed by atoms with van der Waals surface area (Å²) in [7, 11) is 2.05. The van der Waals surface area contributed by atoms with Crippen LogP contribution in [-0.2, 0) is 11.2 Å². The number of rotatable bonds is 5. The van der Waals surface area contributed by atoms with Crippen LogP contribution in [0.5, 0.6) is 0 Å². The van der Waals surface area contributed by atoms with E-state index in [1.54, 1.807) is 11.3 Å². The third kappa shape index (κ3) is 3.54. The summed E-state index contributed by atoms with van der Waals surface area (Å²) >= 11 is 1.76. The van der Waals surface area contributed by atoms with Crippen LogP contribution in [0.1, 0.15) is 24.5 Å². The minimum absolute atomic E-state index is 0.109. The molecule has 0 amide bonds. The molecule has 0 saturated carbocycles. The zero-order valence-corrected chi connectivity index (χ0v) is 13.2. The number of likely N-dealkylation sites (N-methyl/N-ethyl adjacent to an activating group) is 1. The van der Waals surface area contributed by atoms with Gasteiger partial charge in [-0.2, -0.15) is 0 Å². The number of hydrogen-bond acceptors (Lipinski definition) is 5. The van der Waals surface area contributed by atoms with E-state index in [2.05, 4.69) is 41.4 Å². The first kappa shape index (κ1) is 14.9. The Morgan fingerprint density at radius 1 is 1.47 bits per heavy atom. The molecule has 1 aliphatic rings. The van der Waals surface area contributed by atoms with Crippen LogP contribution in [0.2, 0.25) is 0 Å². The van der Waals surface area contributed by atoms with Gasteiger partial charge in [-0.1, -0.05) is 0 Å². The fraction of sp³-hybridized carbons (Fsp3) is 0.786. The monoisotopic (exact) mass is 283 g/mol. The molecule has 0 aliphatic carbocycles. The Kier molecular flexibility index (Phi) is 4.95. The van der Waals surface area contributed by atoms with E-state index in [0.717, 1.165) is 38.4 Å². The maximum absolute atomic E-state index is 5.46. The van der Waals surface area contributed by atoms with E-state index in [1.165, 1.54) is 5.01 Å². The van der Waals surface area contributed by atoms with Gasteiger partial charge >= 0.3 is 0 Å². The Bertz CT molecular complexity index is 399. The molecule has 2 heterocycles. The summed E-state index contributed by atoms with van der Waals surface area (Å²) in [5.74, 6) is 0. The molecule has 4 nitrogen and oxygen atoms in total. The molecule has 0 bridgehead atoms. The normalized spacial score (nSPS) is 19.6. The topological polar surface area (TPSA) is 37.4 Å². The third-order valence-electron chi connectivity index (χ3n) is 4.07. The molecule has 0 aromatic carbocycles. The summed E-state index contributed by atoms with van der Waals surface area (Å²) in [6, 6.07) is 0.399.